The van der Waals surface area contributed by atoms with Crippen LogP contribution in [0.25, 0.3) is 0 Å². The maximum Gasteiger partial charge on any atom is 0.270 e. The van der Waals surface area contributed by atoms with Gasteiger partial charge in [-0.15, -0.1) is 0 Å². The van der Waals surface area contributed by atoms with Crippen LogP contribution in [0, 0.1) is 0 Å². The number of amides is 1. The molecular formula is C11H17N3O2. The number of aromatic amines is 1. The Labute approximate surface area is 94.6 Å². The molecule has 2 atom stereocenters. The molecule has 0 bridgehead atoms. The van der Waals surface area contributed by atoms with E-state index in [1.165, 1.54) is 0 Å². The summed E-state index contributed by atoms with van der Waals surface area (Å²) in [4.78, 5) is 16.7. The first kappa shape index (κ1) is 11.2. The molecule has 1 saturated heterocycles. The van der Waals surface area contributed by atoms with Crippen molar-refractivity contribution in [2.24, 2.45) is 5.73 Å². The molecule has 1 aromatic heterocycles. The summed E-state index contributed by atoms with van der Waals surface area (Å²) in [5.41, 5.74) is 6.39. The smallest absolute Gasteiger partial charge is 0.270 e. The third kappa shape index (κ3) is 2.25. The molecule has 16 heavy (non-hydrogen) atoms. The lowest BCUT2D eigenvalue weighted by atomic mass is 10.1. The molecule has 0 radical (unpaired) electrons. The molecule has 1 amide bonds. The normalized spacial score (nSPS) is 23.1. The second kappa shape index (κ2) is 4.67. The monoisotopic (exact) mass is 223 g/mol. The lowest BCUT2D eigenvalue weighted by molar-refractivity contribution is -0.0301. The molecule has 2 unspecified atom stereocenters. The highest BCUT2D eigenvalue weighted by molar-refractivity contribution is 5.92. The van der Waals surface area contributed by atoms with Gasteiger partial charge in [-0.25, -0.2) is 0 Å². The first-order valence-electron chi connectivity index (χ1n) is 5.48. The van der Waals surface area contributed by atoms with Crippen molar-refractivity contribution in [3.8, 4) is 0 Å². The molecule has 1 aliphatic rings. The summed E-state index contributed by atoms with van der Waals surface area (Å²) in [5.74, 6) is 0.0129. The molecule has 3 N–H and O–H groups in total. The van der Waals surface area contributed by atoms with Crippen molar-refractivity contribution >= 4 is 5.91 Å². The number of hydrogen-bond acceptors (Lipinski definition) is 3. The van der Waals surface area contributed by atoms with Crippen molar-refractivity contribution in [1.29, 1.82) is 0 Å². The van der Waals surface area contributed by atoms with E-state index in [0.29, 0.717) is 25.4 Å². The number of carbonyl (C=O) groups is 1. The average Bonchev–Trinajstić information content (AvgIpc) is 2.81. The van der Waals surface area contributed by atoms with Gasteiger partial charge in [0.05, 0.1) is 12.7 Å². The summed E-state index contributed by atoms with van der Waals surface area (Å²) in [7, 11) is 0. The summed E-state index contributed by atoms with van der Waals surface area (Å²) in [6.07, 6.45) is 1.68. The Balaban J connectivity index is 2.02. The van der Waals surface area contributed by atoms with E-state index in [4.69, 9.17) is 10.5 Å². The van der Waals surface area contributed by atoms with Crippen LogP contribution in [0.3, 0.4) is 0 Å². The van der Waals surface area contributed by atoms with Crippen molar-refractivity contribution in [3.05, 3.63) is 24.0 Å². The van der Waals surface area contributed by atoms with Gasteiger partial charge in [0, 0.05) is 25.3 Å². The van der Waals surface area contributed by atoms with E-state index in [1.807, 2.05) is 13.0 Å². The standard InChI is InChI=1S/C11H17N3O2/c1-8(12)10-7-14(5-6-16-10)11(15)9-3-2-4-13-9/h2-4,8,10,13H,5-7,12H2,1H3. The van der Waals surface area contributed by atoms with Crippen molar-refractivity contribution in [2.45, 2.75) is 19.1 Å². The molecule has 2 rings (SSSR count). The van der Waals surface area contributed by atoms with Crippen LogP contribution in [-0.2, 0) is 4.74 Å². The number of carbonyl (C=O) groups excluding carboxylic acids is 1. The maximum absolute atomic E-state index is 12.0. The van der Waals surface area contributed by atoms with Gasteiger partial charge in [0.25, 0.3) is 5.91 Å². The molecule has 0 spiro atoms. The van der Waals surface area contributed by atoms with Crippen LogP contribution >= 0.6 is 0 Å². The summed E-state index contributed by atoms with van der Waals surface area (Å²) >= 11 is 0. The molecule has 5 nitrogen and oxygen atoms in total. The van der Waals surface area contributed by atoms with Gasteiger partial charge in [0.15, 0.2) is 0 Å². The number of nitrogens with two attached hydrogens (primary N) is 1. The minimum absolute atomic E-state index is 0.0129. The highest BCUT2D eigenvalue weighted by Crippen LogP contribution is 2.11. The summed E-state index contributed by atoms with van der Waals surface area (Å²) < 4.78 is 5.51. The highest BCUT2D eigenvalue weighted by atomic mass is 16.5. The zero-order valence-electron chi connectivity index (χ0n) is 9.35. The Morgan fingerprint density at radius 3 is 3.19 bits per heavy atom. The number of nitrogens with zero attached hydrogens (tertiary/aromatic N) is 1. The lowest BCUT2D eigenvalue weighted by Crippen LogP contribution is -2.51. The lowest BCUT2D eigenvalue weighted by Gasteiger charge is -2.34. The van der Waals surface area contributed by atoms with Crippen molar-refractivity contribution in [1.82, 2.24) is 9.88 Å². The fourth-order valence-corrected chi connectivity index (χ4v) is 1.81. The summed E-state index contributed by atoms with van der Waals surface area (Å²) in [6.45, 7) is 3.64. The Bertz CT molecular complexity index is 348. The van der Waals surface area contributed by atoms with E-state index >= 15 is 0 Å². The Morgan fingerprint density at radius 2 is 2.56 bits per heavy atom. The van der Waals surface area contributed by atoms with Gasteiger partial charge in [0.1, 0.15) is 5.69 Å². The third-order valence-corrected chi connectivity index (χ3v) is 2.80. The van der Waals surface area contributed by atoms with Crippen LogP contribution in [0.15, 0.2) is 18.3 Å². The molecule has 0 saturated carbocycles. The molecule has 2 heterocycles. The van der Waals surface area contributed by atoms with Gasteiger partial charge < -0.3 is 20.4 Å². The van der Waals surface area contributed by atoms with Crippen LogP contribution in [-0.4, -0.2) is 47.6 Å². The second-order valence-electron chi connectivity index (χ2n) is 4.10. The number of morpholine rings is 1. The first-order valence-corrected chi connectivity index (χ1v) is 5.48. The van der Waals surface area contributed by atoms with Gasteiger partial charge in [-0.2, -0.15) is 0 Å². The van der Waals surface area contributed by atoms with Gasteiger partial charge in [-0.05, 0) is 19.1 Å². The van der Waals surface area contributed by atoms with Crippen LogP contribution < -0.4 is 5.73 Å². The minimum atomic E-state index is -0.0623. The third-order valence-electron chi connectivity index (χ3n) is 2.80. The largest absolute Gasteiger partial charge is 0.373 e. The Kier molecular flexibility index (Phi) is 3.26. The highest BCUT2D eigenvalue weighted by Gasteiger charge is 2.27. The predicted molar refractivity (Wildman–Crippen MR) is 60.1 cm³/mol. The molecular weight excluding hydrogens is 206 g/mol. The van der Waals surface area contributed by atoms with Gasteiger partial charge in [-0.1, -0.05) is 0 Å². The summed E-state index contributed by atoms with van der Waals surface area (Å²) in [6, 6.07) is 3.54. The molecule has 1 aromatic rings. The van der Waals surface area contributed by atoms with E-state index in [9.17, 15) is 4.79 Å². The zero-order valence-corrected chi connectivity index (χ0v) is 9.35. The van der Waals surface area contributed by atoms with E-state index in [-0.39, 0.29) is 18.1 Å². The topological polar surface area (TPSA) is 71.3 Å². The number of ether oxygens (including phenoxy) is 1. The average molecular weight is 223 g/mol. The van der Waals surface area contributed by atoms with Crippen molar-refractivity contribution < 1.29 is 9.53 Å². The number of H-pyrrole nitrogens is 1. The quantitative estimate of drug-likeness (QED) is 0.752. The minimum Gasteiger partial charge on any atom is -0.373 e. The Hall–Kier alpha value is -1.33. The van der Waals surface area contributed by atoms with Crippen LogP contribution in [0.1, 0.15) is 17.4 Å². The van der Waals surface area contributed by atoms with E-state index in [1.54, 1.807) is 17.2 Å². The van der Waals surface area contributed by atoms with Crippen LogP contribution in [0.4, 0.5) is 0 Å². The van der Waals surface area contributed by atoms with Crippen LogP contribution in [0.2, 0.25) is 0 Å². The fraction of sp³-hybridized carbons (Fsp3) is 0.545. The van der Waals surface area contributed by atoms with E-state index < -0.39 is 0 Å². The van der Waals surface area contributed by atoms with Crippen LogP contribution in [0.5, 0.6) is 0 Å². The summed E-state index contributed by atoms with van der Waals surface area (Å²) in [5, 5.41) is 0. The van der Waals surface area contributed by atoms with Gasteiger partial charge >= 0.3 is 0 Å². The van der Waals surface area contributed by atoms with Crippen molar-refractivity contribution in [2.75, 3.05) is 19.7 Å². The SMILES string of the molecule is CC(N)C1CN(C(=O)c2ccc[nH]2)CCO1. The molecule has 0 aromatic carbocycles. The molecule has 0 aliphatic carbocycles. The van der Waals surface area contributed by atoms with Gasteiger partial charge in [-0.3, -0.25) is 4.79 Å². The van der Waals surface area contributed by atoms with E-state index in [0.717, 1.165) is 0 Å². The zero-order chi connectivity index (χ0) is 11.5. The number of rotatable bonds is 2. The van der Waals surface area contributed by atoms with Gasteiger partial charge in [0.2, 0.25) is 0 Å². The Morgan fingerprint density at radius 1 is 1.75 bits per heavy atom. The number of nitrogens with one attached hydrogen (secondary N) is 1. The second-order valence-corrected chi connectivity index (χ2v) is 4.10. The van der Waals surface area contributed by atoms with Crippen molar-refractivity contribution in [3.63, 3.8) is 0 Å². The maximum atomic E-state index is 12.0. The number of hydrogen-bond donors (Lipinski definition) is 2. The van der Waals surface area contributed by atoms with E-state index in [2.05, 4.69) is 4.98 Å². The fourth-order valence-electron chi connectivity index (χ4n) is 1.81. The molecule has 1 aliphatic heterocycles. The molecule has 88 valence electrons. The molecule has 5 heteroatoms. The molecule has 1 fully saturated rings. The number of aromatic nitrogens is 1. The predicted octanol–water partition coefficient (Wildman–Crippen LogP) is 0.203. The first-order chi connectivity index (χ1) is 7.68.